The Morgan fingerprint density at radius 2 is 1.78 bits per heavy atom. The molecule has 1 aromatic rings. The molecule has 0 aliphatic heterocycles. The van der Waals surface area contributed by atoms with Crippen LogP contribution in [0, 0.1) is 0 Å². The van der Waals surface area contributed by atoms with E-state index in [4.69, 9.17) is 4.74 Å². The molecule has 0 heterocycles. The first-order chi connectivity index (χ1) is 11.0. The molecule has 1 N–H and O–H groups in total. The summed E-state index contributed by atoms with van der Waals surface area (Å²) in [5.74, 6) is 1.86. The summed E-state index contributed by atoms with van der Waals surface area (Å²) in [6.45, 7) is 7.06. The van der Waals surface area contributed by atoms with Crippen LogP contribution in [0.3, 0.4) is 0 Å². The van der Waals surface area contributed by atoms with Gasteiger partial charge in [-0.25, -0.2) is 0 Å². The first-order valence-electron chi connectivity index (χ1n) is 9.41. The van der Waals surface area contributed by atoms with Gasteiger partial charge in [0, 0.05) is 5.56 Å². The third-order valence-corrected chi connectivity index (χ3v) is 9.00. The molecule has 1 saturated carbocycles. The summed E-state index contributed by atoms with van der Waals surface area (Å²) in [6.07, 6.45) is 10.1. The third-order valence-electron chi connectivity index (χ3n) is 5.54. The van der Waals surface area contributed by atoms with E-state index in [-0.39, 0.29) is 0 Å². The van der Waals surface area contributed by atoms with Gasteiger partial charge in [-0.2, -0.15) is 0 Å². The van der Waals surface area contributed by atoms with Gasteiger partial charge in [-0.1, -0.05) is 69.8 Å². The summed E-state index contributed by atoms with van der Waals surface area (Å²) in [7, 11) is 0.248. The summed E-state index contributed by atoms with van der Waals surface area (Å²) in [6, 6.07) is 5.57. The molecule has 1 fully saturated rings. The zero-order chi connectivity index (χ0) is 16.9. The molecule has 130 valence electrons. The van der Waals surface area contributed by atoms with Gasteiger partial charge in [0.2, 0.25) is 0 Å². The van der Waals surface area contributed by atoms with E-state index in [1.54, 1.807) is 7.11 Å². The van der Waals surface area contributed by atoms with Crippen LogP contribution in [0.25, 0.3) is 0 Å². The standard InChI is InChI=1S/C20H34O2Si/c1-5-6-13-23(3,4)17-14-18(21)20(19(15-17)22-2)16-11-9-7-8-10-12-16/h14-16,21H,5-13H2,1-4H3. The fourth-order valence-electron chi connectivity index (χ4n) is 3.91. The van der Waals surface area contributed by atoms with Gasteiger partial charge in [0.15, 0.2) is 0 Å². The summed E-state index contributed by atoms with van der Waals surface area (Å²) in [4.78, 5) is 0. The van der Waals surface area contributed by atoms with Gasteiger partial charge in [0.25, 0.3) is 0 Å². The van der Waals surface area contributed by atoms with E-state index in [1.165, 1.54) is 62.6 Å². The van der Waals surface area contributed by atoms with Gasteiger partial charge in [-0.15, -0.1) is 0 Å². The Hall–Kier alpha value is -0.963. The van der Waals surface area contributed by atoms with Gasteiger partial charge >= 0.3 is 0 Å². The van der Waals surface area contributed by atoms with Crippen LogP contribution in [-0.2, 0) is 0 Å². The molecule has 0 amide bonds. The van der Waals surface area contributed by atoms with Crippen molar-refractivity contribution >= 4 is 13.3 Å². The molecular weight excluding hydrogens is 300 g/mol. The van der Waals surface area contributed by atoms with Crippen molar-refractivity contribution in [3.05, 3.63) is 17.7 Å². The number of phenols is 1. The Morgan fingerprint density at radius 3 is 2.35 bits per heavy atom. The molecule has 2 nitrogen and oxygen atoms in total. The van der Waals surface area contributed by atoms with E-state index < -0.39 is 8.07 Å². The van der Waals surface area contributed by atoms with Gasteiger partial charge in [0.05, 0.1) is 15.2 Å². The SMILES string of the molecule is CCCC[Si](C)(C)c1cc(O)c(C2CCCCCC2)c(OC)c1. The molecule has 0 unspecified atom stereocenters. The number of hydrogen-bond donors (Lipinski definition) is 1. The van der Waals surface area contributed by atoms with Crippen molar-refractivity contribution in [3.63, 3.8) is 0 Å². The highest BCUT2D eigenvalue weighted by atomic mass is 28.3. The molecule has 0 spiro atoms. The molecule has 1 aliphatic rings. The zero-order valence-corrected chi connectivity index (χ0v) is 16.5. The van der Waals surface area contributed by atoms with Crippen molar-refractivity contribution in [2.24, 2.45) is 0 Å². The van der Waals surface area contributed by atoms with Gasteiger partial charge in [-0.3, -0.25) is 0 Å². The molecule has 2 rings (SSSR count). The minimum Gasteiger partial charge on any atom is -0.508 e. The van der Waals surface area contributed by atoms with Crippen LogP contribution < -0.4 is 9.92 Å². The number of unbranched alkanes of at least 4 members (excludes halogenated alkanes) is 1. The second-order valence-electron chi connectivity index (χ2n) is 7.79. The van der Waals surface area contributed by atoms with Gasteiger partial charge in [0.1, 0.15) is 11.5 Å². The average molecular weight is 335 g/mol. The minimum atomic E-state index is -1.50. The maximum absolute atomic E-state index is 10.8. The van der Waals surface area contributed by atoms with Crippen molar-refractivity contribution in [1.82, 2.24) is 0 Å². The number of aromatic hydroxyl groups is 1. The third kappa shape index (κ3) is 4.53. The number of rotatable bonds is 6. The molecule has 0 radical (unpaired) electrons. The molecular formula is C20H34O2Si. The lowest BCUT2D eigenvalue weighted by Gasteiger charge is -2.26. The van der Waals surface area contributed by atoms with Crippen LogP contribution in [0.15, 0.2) is 12.1 Å². The maximum atomic E-state index is 10.8. The van der Waals surface area contributed by atoms with Gasteiger partial charge < -0.3 is 9.84 Å². The molecule has 1 aliphatic carbocycles. The van der Waals surface area contributed by atoms with Crippen molar-refractivity contribution in [3.8, 4) is 11.5 Å². The highest BCUT2D eigenvalue weighted by Crippen LogP contribution is 2.41. The van der Waals surface area contributed by atoms with Crippen molar-refractivity contribution in [1.29, 1.82) is 0 Å². The Morgan fingerprint density at radius 1 is 1.13 bits per heavy atom. The normalized spacial score (nSPS) is 17.0. The number of benzene rings is 1. The lowest BCUT2D eigenvalue weighted by Crippen LogP contribution is -2.41. The number of hydrogen-bond acceptors (Lipinski definition) is 2. The molecule has 0 saturated heterocycles. The largest absolute Gasteiger partial charge is 0.508 e. The van der Waals surface area contributed by atoms with Crippen LogP contribution in [0.2, 0.25) is 19.1 Å². The monoisotopic (exact) mass is 334 g/mol. The Balaban J connectivity index is 2.34. The van der Waals surface area contributed by atoms with E-state index in [2.05, 4.69) is 32.2 Å². The predicted molar refractivity (Wildman–Crippen MR) is 102 cm³/mol. The lowest BCUT2D eigenvalue weighted by molar-refractivity contribution is 0.389. The Bertz CT molecular complexity index is 503. The summed E-state index contributed by atoms with van der Waals surface area (Å²) < 4.78 is 5.72. The molecule has 23 heavy (non-hydrogen) atoms. The molecule has 0 atom stereocenters. The first-order valence-corrected chi connectivity index (χ1v) is 12.6. The Kier molecular flexibility index (Phi) is 6.57. The summed E-state index contributed by atoms with van der Waals surface area (Å²) in [5, 5.41) is 12.1. The Labute approximate surface area is 143 Å². The second-order valence-corrected chi connectivity index (χ2v) is 12.6. The van der Waals surface area contributed by atoms with E-state index in [0.717, 1.165) is 11.3 Å². The highest BCUT2D eigenvalue weighted by Gasteiger charge is 2.28. The van der Waals surface area contributed by atoms with Crippen molar-refractivity contribution in [2.45, 2.75) is 83.3 Å². The summed E-state index contributed by atoms with van der Waals surface area (Å²) >= 11 is 0. The van der Waals surface area contributed by atoms with E-state index in [1.807, 2.05) is 0 Å². The van der Waals surface area contributed by atoms with E-state index in [9.17, 15) is 5.11 Å². The van der Waals surface area contributed by atoms with Crippen molar-refractivity contribution < 1.29 is 9.84 Å². The smallest absolute Gasteiger partial charge is 0.125 e. The first kappa shape index (κ1) is 18.4. The van der Waals surface area contributed by atoms with Crippen molar-refractivity contribution in [2.75, 3.05) is 7.11 Å². The molecule has 0 aromatic heterocycles. The minimum absolute atomic E-state index is 0.460. The molecule has 0 bridgehead atoms. The average Bonchev–Trinajstić information content (AvgIpc) is 2.81. The number of phenolic OH excluding ortho intramolecular Hbond substituents is 1. The van der Waals surface area contributed by atoms with E-state index >= 15 is 0 Å². The molecule has 1 aromatic carbocycles. The van der Waals surface area contributed by atoms with Crippen LogP contribution in [-0.4, -0.2) is 20.3 Å². The fourth-order valence-corrected chi connectivity index (χ4v) is 6.49. The summed E-state index contributed by atoms with van der Waals surface area (Å²) in [5.41, 5.74) is 1.07. The van der Waals surface area contributed by atoms with Crippen LogP contribution in [0.5, 0.6) is 11.5 Å². The van der Waals surface area contributed by atoms with Crippen LogP contribution in [0.1, 0.15) is 69.8 Å². The van der Waals surface area contributed by atoms with Crippen LogP contribution >= 0.6 is 0 Å². The maximum Gasteiger partial charge on any atom is 0.125 e. The number of ether oxygens (including phenoxy) is 1. The quantitative estimate of drug-likeness (QED) is 0.545. The molecule has 3 heteroatoms. The predicted octanol–water partition coefficient (Wildman–Crippen LogP) is 5.55. The lowest BCUT2D eigenvalue weighted by atomic mass is 9.90. The highest BCUT2D eigenvalue weighted by molar-refractivity contribution is 6.89. The number of methoxy groups -OCH3 is 1. The topological polar surface area (TPSA) is 29.5 Å². The second kappa shape index (κ2) is 8.23. The van der Waals surface area contributed by atoms with Crippen LogP contribution in [0.4, 0.5) is 0 Å². The van der Waals surface area contributed by atoms with Gasteiger partial charge in [-0.05, 0) is 30.9 Å². The van der Waals surface area contributed by atoms with E-state index in [0.29, 0.717) is 11.7 Å². The fraction of sp³-hybridized carbons (Fsp3) is 0.700. The zero-order valence-electron chi connectivity index (χ0n) is 15.5.